The Morgan fingerprint density at radius 2 is 0.491 bits per heavy atom. The van der Waals surface area contributed by atoms with Gasteiger partial charge in [0.1, 0.15) is 22.3 Å². The number of furan rings is 2. The first-order chi connectivity index (χ1) is 52.6. The van der Waals surface area contributed by atoms with E-state index in [-0.39, 0.29) is 0 Å². The second-order valence-electron chi connectivity index (χ2n) is 28.4. The smallest absolute Gasteiger partial charge is 0.143 e. The molecule has 22 rings (SSSR count). The van der Waals surface area contributed by atoms with Crippen LogP contribution in [0.15, 0.2) is 385 Å². The highest BCUT2D eigenvalue weighted by Gasteiger charge is 2.24. The summed E-state index contributed by atoms with van der Waals surface area (Å²) in [5, 5.41) is 24.1. The van der Waals surface area contributed by atoms with Crippen LogP contribution in [0.2, 0.25) is 0 Å². The maximum Gasteiger partial charge on any atom is 0.143 e. The van der Waals surface area contributed by atoms with Crippen molar-refractivity contribution in [3.63, 3.8) is 0 Å². The SMILES string of the molecule is c1cc(-c2ccc3oc4ccccc4c3c2)cc(-c2c3ccccc3c(-c3cccc(-c4cccc5cc(-c6cccc7c6oc6ccc(-c8ccc(-c9c%10ccccc%10c(-c%10cccc(-c%11cccc%12ccc%13ccccc%13c%11%12)c%10)c%10ccccc9%10)cc8)cc67)c6ccccc6c45)c3)c3ccccc23)c1. The maximum atomic E-state index is 7.04. The standard InChI is InChI=1S/C104H62O2/c1-2-30-76-64(21-1)49-52-65-22-18-42-77(98(65)76)70-24-16-27-73(58-70)102-84-36-7-5-34-82(84)99(83-35-6-8-37-85(83)102)66-50-47-63(48-51-66)68-53-56-97-94(60-68)91-45-20-44-90(104(91)106-97)92-62-75-29-19-43-78(100(75)81-33-4-3-31-79(81)92)71-25-17-28-74(59-71)103-88-40-11-9-38-86(88)101(87-39-10-12-41-89(87)103)72-26-15-23-67(57-72)69-54-55-96-93(61-69)80-32-13-14-46-95(80)105-96/h1-62H. The number of benzene rings is 20. The molecule has 0 aliphatic heterocycles. The summed E-state index contributed by atoms with van der Waals surface area (Å²) in [7, 11) is 0. The van der Waals surface area contributed by atoms with Crippen LogP contribution in [0.25, 0.3) is 230 Å². The van der Waals surface area contributed by atoms with Crippen molar-refractivity contribution in [1.29, 1.82) is 0 Å². The average Bonchev–Trinajstić information content (AvgIpc) is 1.72. The fourth-order valence-corrected chi connectivity index (χ4v) is 17.9. The van der Waals surface area contributed by atoms with Gasteiger partial charge >= 0.3 is 0 Å². The van der Waals surface area contributed by atoms with Gasteiger partial charge in [-0.2, -0.15) is 0 Å². The van der Waals surface area contributed by atoms with Gasteiger partial charge in [-0.25, -0.2) is 0 Å². The molecule has 0 saturated carbocycles. The largest absolute Gasteiger partial charge is 0.456 e. The van der Waals surface area contributed by atoms with Gasteiger partial charge in [-0.05, 0) is 235 Å². The van der Waals surface area contributed by atoms with Gasteiger partial charge in [0, 0.05) is 27.1 Å². The van der Waals surface area contributed by atoms with Gasteiger partial charge in [0.2, 0.25) is 0 Å². The molecule has 0 spiro atoms. The average molecular weight is 1340 g/mol. The highest BCUT2D eigenvalue weighted by molar-refractivity contribution is 6.26. The van der Waals surface area contributed by atoms with Crippen molar-refractivity contribution in [3.8, 4) is 100 Å². The molecule has 0 fully saturated rings. The zero-order chi connectivity index (χ0) is 69.5. The Kier molecular flexibility index (Phi) is 13.4. The van der Waals surface area contributed by atoms with Gasteiger partial charge in [0.05, 0.1) is 0 Å². The molecule has 0 aliphatic rings. The van der Waals surface area contributed by atoms with Crippen molar-refractivity contribution < 1.29 is 8.83 Å². The van der Waals surface area contributed by atoms with Gasteiger partial charge in [-0.1, -0.05) is 322 Å². The van der Waals surface area contributed by atoms with Crippen LogP contribution in [0.3, 0.4) is 0 Å². The van der Waals surface area contributed by atoms with Gasteiger partial charge in [-0.3, -0.25) is 0 Å². The van der Waals surface area contributed by atoms with E-state index in [0.717, 1.165) is 77.3 Å². The molecule has 0 saturated heterocycles. The molecule has 2 heteroatoms. The Morgan fingerprint density at radius 1 is 0.142 bits per heavy atom. The normalized spacial score (nSPS) is 12.0. The zero-order valence-corrected chi connectivity index (χ0v) is 57.6. The maximum absolute atomic E-state index is 7.04. The Morgan fingerprint density at radius 3 is 1.08 bits per heavy atom. The number of para-hydroxylation sites is 2. The van der Waals surface area contributed by atoms with E-state index in [1.807, 2.05) is 12.1 Å². The van der Waals surface area contributed by atoms with Crippen molar-refractivity contribution in [1.82, 2.24) is 0 Å². The third-order valence-electron chi connectivity index (χ3n) is 22.6. The van der Waals surface area contributed by atoms with Gasteiger partial charge in [0.25, 0.3) is 0 Å². The Hall–Kier alpha value is -13.9. The lowest BCUT2D eigenvalue weighted by Gasteiger charge is -2.19. The molecule has 0 atom stereocenters. The van der Waals surface area contributed by atoms with E-state index in [2.05, 4.69) is 364 Å². The molecular formula is C104H62O2. The molecule has 0 N–H and O–H groups in total. The first-order valence-corrected chi connectivity index (χ1v) is 36.6. The van der Waals surface area contributed by atoms with E-state index in [4.69, 9.17) is 8.83 Å². The van der Waals surface area contributed by atoms with Crippen molar-refractivity contribution in [2.45, 2.75) is 0 Å². The zero-order valence-electron chi connectivity index (χ0n) is 57.6. The Bertz CT molecular complexity index is 7330. The second-order valence-corrected chi connectivity index (χ2v) is 28.4. The second kappa shape index (κ2) is 23.8. The first-order valence-electron chi connectivity index (χ1n) is 36.6. The molecule has 106 heavy (non-hydrogen) atoms. The summed E-state index contributed by atoms with van der Waals surface area (Å²) >= 11 is 0. The molecular weight excluding hydrogens is 1280 g/mol. The lowest BCUT2D eigenvalue weighted by atomic mass is 9.84. The molecule has 0 bridgehead atoms. The topological polar surface area (TPSA) is 26.3 Å². The van der Waals surface area contributed by atoms with Crippen LogP contribution in [-0.2, 0) is 0 Å². The molecule has 2 heterocycles. The van der Waals surface area contributed by atoms with E-state index in [9.17, 15) is 0 Å². The lowest BCUT2D eigenvalue weighted by molar-refractivity contribution is 0.669. The summed E-state index contributed by atoms with van der Waals surface area (Å²) in [6.45, 7) is 0. The predicted octanol–water partition coefficient (Wildman–Crippen LogP) is 29.7. The van der Waals surface area contributed by atoms with Crippen molar-refractivity contribution in [3.05, 3.63) is 376 Å². The number of hydrogen-bond donors (Lipinski definition) is 0. The predicted molar refractivity (Wildman–Crippen MR) is 450 cm³/mol. The first kappa shape index (κ1) is 59.7. The molecule has 22 aromatic rings. The number of fused-ring (bicyclic) bond motifs is 16. The van der Waals surface area contributed by atoms with Crippen LogP contribution in [0, 0.1) is 0 Å². The number of rotatable bonds is 9. The van der Waals surface area contributed by atoms with E-state index in [1.54, 1.807) is 0 Å². The monoisotopic (exact) mass is 1340 g/mol. The van der Waals surface area contributed by atoms with Gasteiger partial charge in [-0.15, -0.1) is 0 Å². The van der Waals surface area contributed by atoms with Crippen molar-refractivity contribution in [2.75, 3.05) is 0 Å². The van der Waals surface area contributed by atoms with E-state index >= 15 is 0 Å². The van der Waals surface area contributed by atoms with Crippen molar-refractivity contribution in [2.24, 2.45) is 0 Å². The summed E-state index contributed by atoms with van der Waals surface area (Å²) < 4.78 is 13.3. The van der Waals surface area contributed by atoms with E-state index in [0.29, 0.717) is 0 Å². The fraction of sp³-hybridized carbons (Fsp3) is 0. The minimum Gasteiger partial charge on any atom is -0.456 e. The highest BCUT2D eigenvalue weighted by Crippen LogP contribution is 2.50. The molecule has 0 amide bonds. The Balaban J connectivity index is 0.605. The van der Waals surface area contributed by atoms with Crippen LogP contribution in [-0.4, -0.2) is 0 Å². The quantitative estimate of drug-likeness (QED) is 0.106. The summed E-state index contributed by atoms with van der Waals surface area (Å²) in [6, 6.07) is 139. The molecule has 490 valence electrons. The summed E-state index contributed by atoms with van der Waals surface area (Å²) in [6.07, 6.45) is 0. The molecule has 20 aromatic carbocycles. The number of hydrogen-bond acceptors (Lipinski definition) is 2. The minimum atomic E-state index is 0.863. The van der Waals surface area contributed by atoms with Crippen LogP contribution < -0.4 is 0 Å². The van der Waals surface area contributed by atoms with E-state index in [1.165, 1.54) is 153 Å². The van der Waals surface area contributed by atoms with Crippen LogP contribution in [0.4, 0.5) is 0 Å². The summed E-state index contributed by atoms with van der Waals surface area (Å²) in [4.78, 5) is 0. The molecule has 2 aromatic heterocycles. The fourth-order valence-electron chi connectivity index (χ4n) is 17.9. The molecule has 0 radical (unpaired) electrons. The minimum absolute atomic E-state index is 0.863. The third kappa shape index (κ3) is 9.38. The third-order valence-corrected chi connectivity index (χ3v) is 22.6. The van der Waals surface area contributed by atoms with Crippen molar-refractivity contribution >= 4 is 130 Å². The van der Waals surface area contributed by atoms with Crippen LogP contribution >= 0.6 is 0 Å². The van der Waals surface area contributed by atoms with Gasteiger partial charge < -0.3 is 8.83 Å². The summed E-state index contributed by atoms with van der Waals surface area (Å²) in [5.41, 5.74) is 24.9. The van der Waals surface area contributed by atoms with Crippen LogP contribution in [0.5, 0.6) is 0 Å². The van der Waals surface area contributed by atoms with Gasteiger partial charge in [0.15, 0.2) is 0 Å². The molecule has 0 unspecified atom stereocenters. The van der Waals surface area contributed by atoms with Crippen LogP contribution in [0.1, 0.15) is 0 Å². The highest BCUT2D eigenvalue weighted by atomic mass is 16.3. The summed E-state index contributed by atoms with van der Waals surface area (Å²) in [5.74, 6) is 0. The molecule has 0 aliphatic carbocycles. The van der Waals surface area contributed by atoms with E-state index < -0.39 is 0 Å². The lowest BCUT2D eigenvalue weighted by Crippen LogP contribution is -1.92. The Labute approximate surface area is 611 Å². The molecule has 2 nitrogen and oxygen atoms in total.